The molecule has 2 aromatic carbocycles. The Balaban J connectivity index is 1.62. The Hall–Kier alpha value is -2.04. The fourth-order valence-electron chi connectivity index (χ4n) is 2.59. The maximum atomic E-state index is 12.2. The van der Waals surface area contributed by atoms with E-state index in [0.717, 1.165) is 43.2 Å². The number of rotatable bonds is 4. The van der Waals surface area contributed by atoms with Crippen LogP contribution in [0.1, 0.15) is 5.56 Å². The van der Waals surface area contributed by atoms with E-state index in [2.05, 4.69) is 16.3 Å². The minimum Gasteiger partial charge on any atom is -0.378 e. The molecular formula is C18H19ClN2O2. The monoisotopic (exact) mass is 330 g/mol. The smallest absolute Gasteiger partial charge is 0.228 e. The predicted molar refractivity (Wildman–Crippen MR) is 93.3 cm³/mol. The van der Waals surface area contributed by atoms with Crippen LogP contribution in [-0.4, -0.2) is 32.2 Å². The van der Waals surface area contributed by atoms with Crippen LogP contribution in [0.5, 0.6) is 0 Å². The van der Waals surface area contributed by atoms with Crippen molar-refractivity contribution in [2.24, 2.45) is 0 Å². The normalized spacial score (nSPS) is 14.6. The van der Waals surface area contributed by atoms with Crippen molar-refractivity contribution in [2.45, 2.75) is 6.42 Å². The van der Waals surface area contributed by atoms with Crippen LogP contribution in [0.4, 0.5) is 11.4 Å². The molecule has 1 saturated heterocycles. The molecule has 0 spiro atoms. The topological polar surface area (TPSA) is 41.6 Å². The van der Waals surface area contributed by atoms with Gasteiger partial charge in [0.05, 0.1) is 19.6 Å². The summed E-state index contributed by atoms with van der Waals surface area (Å²) in [5.74, 6) is -0.0357. The van der Waals surface area contributed by atoms with Gasteiger partial charge in [0, 0.05) is 29.5 Å². The van der Waals surface area contributed by atoms with E-state index in [9.17, 15) is 4.79 Å². The summed E-state index contributed by atoms with van der Waals surface area (Å²) in [4.78, 5) is 14.4. The summed E-state index contributed by atoms with van der Waals surface area (Å²) in [6.07, 6.45) is 0.332. The maximum Gasteiger partial charge on any atom is 0.228 e. The first-order chi connectivity index (χ1) is 11.2. The molecule has 4 nitrogen and oxygen atoms in total. The van der Waals surface area contributed by atoms with Crippen molar-refractivity contribution in [1.82, 2.24) is 0 Å². The Morgan fingerprint density at radius 3 is 2.61 bits per heavy atom. The van der Waals surface area contributed by atoms with Crippen molar-refractivity contribution in [3.63, 3.8) is 0 Å². The van der Waals surface area contributed by atoms with Crippen LogP contribution in [0.3, 0.4) is 0 Å². The Labute approximate surface area is 141 Å². The summed E-state index contributed by atoms with van der Waals surface area (Å²) in [6, 6.07) is 15.3. The van der Waals surface area contributed by atoms with Crippen LogP contribution in [0.15, 0.2) is 48.5 Å². The van der Waals surface area contributed by atoms with E-state index in [-0.39, 0.29) is 5.91 Å². The molecule has 3 rings (SSSR count). The molecule has 1 aliphatic heterocycles. The van der Waals surface area contributed by atoms with Crippen molar-refractivity contribution in [3.8, 4) is 0 Å². The van der Waals surface area contributed by atoms with Crippen LogP contribution in [0.2, 0.25) is 5.02 Å². The van der Waals surface area contributed by atoms with Crippen molar-refractivity contribution in [3.05, 3.63) is 59.1 Å². The molecule has 0 saturated carbocycles. The first kappa shape index (κ1) is 15.8. The fourth-order valence-corrected chi connectivity index (χ4v) is 2.72. The third kappa shape index (κ3) is 4.47. The molecule has 0 unspecified atom stereocenters. The lowest BCUT2D eigenvalue weighted by Crippen LogP contribution is -2.36. The minimum absolute atomic E-state index is 0.0357. The molecule has 0 atom stereocenters. The van der Waals surface area contributed by atoms with E-state index in [4.69, 9.17) is 16.3 Å². The summed E-state index contributed by atoms with van der Waals surface area (Å²) < 4.78 is 5.37. The van der Waals surface area contributed by atoms with Crippen molar-refractivity contribution in [1.29, 1.82) is 0 Å². The number of ether oxygens (including phenoxy) is 1. The number of hydrogen-bond donors (Lipinski definition) is 1. The van der Waals surface area contributed by atoms with Gasteiger partial charge in [-0.2, -0.15) is 0 Å². The highest BCUT2D eigenvalue weighted by atomic mass is 35.5. The molecule has 2 aromatic rings. The van der Waals surface area contributed by atoms with Crippen LogP contribution in [0, 0.1) is 0 Å². The zero-order valence-electron chi connectivity index (χ0n) is 12.8. The van der Waals surface area contributed by atoms with E-state index in [1.807, 2.05) is 30.3 Å². The van der Waals surface area contributed by atoms with E-state index >= 15 is 0 Å². The second kappa shape index (κ2) is 7.49. The molecule has 0 aliphatic carbocycles. The van der Waals surface area contributed by atoms with Gasteiger partial charge >= 0.3 is 0 Å². The van der Waals surface area contributed by atoms with Gasteiger partial charge in [-0.15, -0.1) is 0 Å². The molecule has 0 aromatic heterocycles. The quantitative estimate of drug-likeness (QED) is 0.934. The van der Waals surface area contributed by atoms with E-state index in [1.54, 1.807) is 12.1 Å². The average molecular weight is 331 g/mol. The highest BCUT2D eigenvalue weighted by Gasteiger charge is 2.12. The summed E-state index contributed by atoms with van der Waals surface area (Å²) in [7, 11) is 0. The lowest BCUT2D eigenvalue weighted by atomic mass is 10.1. The Morgan fingerprint density at radius 2 is 1.87 bits per heavy atom. The molecular weight excluding hydrogens is 312 g/mol. The largest absolute Gasteiger partial charge is 0.378 e. The van der Waals surface area contributed by atoms with E-state index < -0.39 is 0 Å². The summed E-state index contributed by atoms with van der Waals surface area (Å²) >= 11 is 5.86. The van der Waals surface area contributed by atoms with Gasteiger partial charge in [-0.05, 0) is 35.9 Å². The SMILES string of the molecule is O=C(Cc1ccc(Cl)cc1)Nc1cccc(N2CCOCC2)c1. The van der Waals surface area contributed by atoms with Crippen LogP contribution in [-0.2, 0) is 16.0 Å². The molecule has 0 bridgehead atoms. The van der Waals surface area contributed by atoms with Gasteiger partial charge in [0.2, 0.25) is 5.91 Å². The predicted octanol–water partition coefficient (Wildman–Crippen LogP) is 3.36. The van der Waals surface area contributed by atoms with Crippen molar-refractivity contribution < 1.29 is 9.53 Å². The van der Waals surface area contributed by atoms with E-state index in [0.29, 0.717) is 11.4 Å². The molecule has 5 heteroatoms. The van der Waals surface area contributed by atoms with Gasteiger partial charge in [0.15, 0.2) is 0 Å². The molecule has 1 heterocycles. The number of anilines is 2. The van der Waals surface area contributed by atoms with Crippen LogP contribution in [0.25, 0.3) is 0 Å². The molecule has 0 radical (unpaired) electrons. The van der Waals surface area contributed by atoms with Gasteiger partial charge in [-0.3, -0.25) is 4.79 Å². The van der Waals surface area contributed by atoms with Crippen molar-refractivity contribution >= 4 is 28.9 Å². The number of carbonyl (C=O) groups is 1. The zero-order valence-corrected chi connectivity index (χ0v) is 13.6. The second-order valence-corrected chi connectivity index (χ2v) is 5.94. The third-order valence-electron chi connectivity index (χ3n) is 3.78. The number of carbonyl (C=O) groups excluding carboxylic acids is 1. The number of benzene rings is 2. The Bertz CT molecular complexity index is 667. The summed E-state index contributed by atoms with van der Waals surface area (Å²) in [5, 5.41) is 3.63. The third-order valence-corrected chi connectivity index (χ3v) is 4.04. The number of amides is 1. The van der Waals surface area contributed by atoms with Crippen LogP contribution < -0.4 is 10.2 Å². The number of nitrogens with one attached hydrogen (secondary N) is 1. The second-order valence-electron chi connectivity index (χ2n) is 5.50. The van der Waals surface area contributed by atoms with Crippen LogP contribution >= 0.6 is 11.6 Å². The number of hydrogen-bond acceptors (Lipinski definition) is 3. The van der Waals surface area contributed by atoms with Crippen molar-refractivity contribution in [2.75, 3.05) is 36.5 Å². The molecule has 1 aliphatic rings. The number of morpholine rings is 1. The number of halogens is 1. The molecule has 1 fully saturated rings. The van der Waals surface area contributed by atoms with Gasteiger partial charge < -0.3 is 15.0 Å². The molecule has 120 valence electrons. The van der Waals surface area contributed by atoms with Gasteiger partial charge in [-0.25, -0.2) is 0 Å². The van der Waals surface area contributed by atoms with Gasteiger partial charge in [0.1, 0.15) is 0 Å². The highest BCUT2D eigenvalue weighted by Crippen LogP contribution is 2.20. The molecule has 1 amide bonds. The fraction of sp³-hybridized carbons (Fsp3) is 0.278. The Morgan fingerprint density at radius 1 is 1.13 bits per heavy atom. The minimum atomic E-state index is -0.0357. The lowest BCUT2D eigenvalue weighted by Gasteiger charge is -2.29. The average Bonchev–Trinajstić information content (AvgIpc) is 2.58. The zero-order chi connectivity index (χ0) is 16.1. The lowest BCUT2D eigenvalue weighted by molar-refractivity contribution is -0.115. The summed E-state index contributed by atoms with van der Waals surface area (Å²) in [5.41, 5.74) is 2.86. The van der Waals surface area contributed by atoms with Gasteiger partial charge in [0.25, 0.3) is 0 Å². The first-order valence-electron chi connectivity index (χ1n) is 7.68. The van der Waals surface area contributed by atoms with E-state index in [1.165, 1.54) is 0 Å². The number of nitrogens with zero attached hydrogens (tertiary/aromatic N) is 1. The molecule has 1 N–H and O–H groups in total. The Kier molecular flexibility index (Phi) is 5.16. The van der Waals surface area contributed by atoms with Gasteiger partial charge in [-0.1, -0.05) is 29.8 Å². The summed E-state index contributed by atoms with van der Waals surface area (Å²) in [6.45, 7) is 3.24. The first-order valence-corrected chi connectivity index (χ1v) is 8.05. The highest BCUT2D eigenvalue weighted by molar-refractivity contribution is 6.30. The maximum absolute atomic E-state index is 12.2. The standard InChI is InChI=1S/C18H19ClN2O2/c19-15-6-4-14(5-7-15)12-18(22)20-16-2-1-3-17(13-16)21-8-10-23-11-9-21/h1-7,13H,8-12H2,(H,20,22). The molecule has 23 heavy (non-hydrogen) atoms.